The van der Waals surface area contributed by atoms with E-state index in [0.29, 0.717) is 19.6 Å². The molecule has 0 heterocycles. The van der Waals surface area contributed by atoms with Gasteiger partial charge in [0.05, 0.1) is 16.3 Å². The summed E-state index contributed by atoms with van der Waals surface area (Å²) in [6, 6.07) is 3.85. The van der Waals surface area contributed by atoms with Gasteiger partial charge in [0, 0.05) is 19.6 Å². The third-order valence-corrected chi connectivity index (χ3v) is 4.61. The molecule has 0 radical (unpaired) electrons. The molecule has 0 saturated carbocycles. The number of phenols is 1. The number of hydrogen-bond acceptors (Lipinski definition) is 5. The van der Waals surface area contributed by atoms with Crippen molar-refractivity contribution in [3.63, 3.8) is 0 Å². The fraction of sp³-hybridized carbons (Fsp3) is 0.500. The van der Waals surface area contributed by atoms with Crippen LogP contribution in [0.15, 0.2) is 23.1 Å². The van der Waals surface area contributed by atoms with E-state index in [1.54, 1.807) is 0 Å². The van der Waals surface area contributed by atoms with E-state index in [9.17, 15) is 18.3 Å². The number of carbonyl (C=O) groups is 1. The van der Waals surface area contributed by atoms with Gasteiger partial charge in [-0.15, -0.1) is 0 Å². The van der Waals surface area contributed by atoms with E-state index in [2.05, 4.69) is 5.32 Å². The third kappa shape index (κ3) is 5.35. The predicted octanol–water partition coefficient (Wildman–Crippen LogP) is 1.94. The van der Waals surface area contributed by atoms with Gasteiger partial charge in [-0.2, -0.15) is 0 Å². The van der Waals surface area contributed by atoms with Crippen molar-refractivity contribution < 1.29 is 23.1 Å². The van der Waals surface area contributed by atoms with Gasteiger partial charge >= 0.3 is 0 Å². The Morgan fingerprint density at radius 2 is 2.05 bits per heavy atom. The van der Waals surface area contributed by atoms with Crippen LogP contribution in [0.5, 0.6) is 5.75 Å². The first-order valence-corrected chi connectivity index (χ1v) is 8.49. The maximum atomic E-state index is 11.8. The smallest absolute Gasteiger partial charge is 0.224 e. The third-order valence-electron chi connectivity index (χ3n) is 2.88. The van der Waals surface area contributed by atoms with Crippen LogP contribution in [0.1, 0.15) is 26.7 Å². The normalized spacial score (nSPS) is 11.3. The number of hydrogen-bond donors (Lipinski definition) is 2. The van der Waals surface area contributed by atoms with Gasteiger partial charge < -0.3 is 15.2 Å². The summed E-state index contributed by atoms with van der Waals surface area (Å²) in [5.41, 5.74) is 0.103. The molecule has 1 rings (SSSR count). The Labute approximate surface area is 125 Å². The number of benzene rings is 1. The molecule has 1 amide bonds. The van der Waals surface area contributed by atoms with Crippen LogP contribution in [0.25, 0.3) is 0 Å². The van der Waals surface area contributed by atoms with Crippen molar-refractivity contribution in [1.82, 2.24) is 0 Å². The number of sulfone groups is 1. The van der Waals surface area contributed by atoms with Crippen LogP contribution in [0.3, 0.4) is 0 Å². The van der Waals surface area contributed by atoms with Gasteiger partial charge in [0.15, 0.2) is 9.84 Å². The minimum atomic E-state index is -3.38. The van der Waals surface area contributed by atoms with Gasteiger partial charge in [-0.05, 0) is 31.5 Å². The van der Waals surface area contributed by atoms with E-state index in [1.165, 1.54) is 25.1 Å². The van der Waals surface area contributed by atoms with E-state index < -0.39 is 9.84 Å². The van der Waals surface area contributed by atoms with Crippen molar-refractivity contribution in [2.24, 2.45) is 0 Å². The van der Waals surface area contributed by atoms with Gasteiger partial charge in [-0.3, -0.25) is 4.79 Å². The monoisotopic (exact) mass is 315 g/mol. The number of nitrogens with one attached hydrogen (secondary N) is 1. The topological polar surface area (TPSA) is 92.7 Å². The molecule has 21 heavy (non-hydrogen) atoms. The molecule has 1 aromatic rings. The second kappa shape index (κ2) is 7.99. The van der Waals surface area contributed by atoms with Crippen LogP contribution in [-0.4, -0.2) is 38.4 Å². The molecule has 2 N–H and O–H groups in total. The fourth-order valence-electron chi connectivity index (χ4n) is 1.67. The Morgan fingerprint density at radius 3 is 2.67 bits per heavy atom. The first kappa shape index (κ1) is 17.5. The quantitative estimate of drug-likeness (QED) is 0.565. The minimum absolute atomic E-state index is 0.0421. The molecular weight excluding hydrogens is 294 g/mol. The number of aromatic hydroxyl groups is 1. The number of ether oxygens (including phenoxy) is 1. The lowest BCUT2D eigenvalue weighted by Crippen LogP contribution is -2.13. The van der Waals surface area contributed by atoms with Crippen LogP contribution in [0.2, 0.25) is 0 Å². The largest absolute Gasteiger partial charge is 0.506 e. The van der Waals surface area contributed by atoms with Crippen LogP contribution in [-0.2, 0) is 19.4 Å². The molecule has 1 aromatic carbocycles. The summed E-state index contributed by atoms with van der Waals surface area (Å²) in [6.07, 6.45) is 0.803. The molecular formula is C14H21NO5S. The maximum Gasteiger partial charge on any atom is 0.224 e. The number of anilines is 1. The Kier molecular flexibility index (Phi) is 6.64. The first-order chi connectivity index (χ1) is 9.90. The number of rotatable bonds is 8. The van der Waals surface area contributed by atoms with Crippen molar-refractivity contribution in [3.8, 4) is 5.75 Å². The highest BCUT2D eigenvalue weighted by atomic mass is 32.2. The summed E-state index contributed by atoms with van der Waals surface area (Å²) in [7, 11) is -3.38. The van der Waals surface area contributed by atoms with E-state index >= 15 is 0 Å². The molecule has 118 valence electrons. The average Bonchev–Trinajstić information content (AvgIpc) is 2.46. The highest BCUT2D eigenvalue weighted by Crippen LogP contribution is 2.27. The van der Waals surface area contributed by atoms with Crippen molar-refractivity contribution in [2.75, 3.05) is 24.3 Å². The standard InChI is InChI=1S/C14H21NO5S/c1-3-20-9-5-6-14(17)15-12-10-11(7-8-13(12)16)21(18,19)4-2/h7-8,10,16H,3-6,9H2,1-2H3,(H,15,17). The zero-order chi connectivity index (χ0) is 15.9. The van der Waals surface area contributed by atoms with Crippen molar-refractivity contribution >= 4 is 21.4 Å². The van der Waals surface area contributed by atoms with Crippen LogP contribution in [0.4, 0.5) is 5.69 Å². The highest BCUT2D eigenvalue weighted by Gasteiger charge is 2.15. The Balaban J connectivity index is 2.74. The molecule has 0 aliphatic carbocycles. The Morgan fingerprint density at radius 1 is 1.33 bits per heavy atom. The summed E-state index contributed by atoms with van der Waals surface area (Å²) in [6.45, 7) is 4.49. The van der Waals surface area contributed by atoms with Gasteiger partial charge in [0.1, 0.15) is 5.75 Å². The lowest BCUT2D eigenvalue weighted by molar-refractivity contribution is -0.116. The van der Waals surface area contributed by atoms with E-state index in [-0.39, 0.29) is 34.4 Å². The number of carbonyl (C=O) groups excluding carboxylic acids is 1. The molecule has 0 aliphatic heterocycles. The molecule has 0 atom stereocenters. The SMILES string of the molecule is CCOCCCC(=O)Nc1cc(S(=O)(=O)CC)ccc1O. The first-order valence-electron chi connectivity index (χ1n) is 6.84. The molecule has 0 aliphatic rings. The van der Waals surface area contributed by atoms with Crippen molar-refractivity contribution in [1.29, 1.82) is 0 Å². The summed E-state index contributed by atoms with van der Waals surface area (Å²) in [5, 5.41) is 12.2. The molecule has 6 nitrogen and oxygen atoms in total. The zero-order valence-electron chi connectivity index (χ0n) is 12.3. The maximum absolute atomic E-state index is 11.8. The van der Waals surface area contributed by atoms with Gasteiger partial charge in [0.2, 0.25) is 5.91 Å². The summed E-state index contributed by atoms with van der Waals surface area (Å²) < 4.78 is 28.7. The molecule has 0 spiro atoms. The summed E-state index contributed by atoms with van der Waals surface area (Å²) in [4.78, 5) is 11.8. The van der Waals surface area contributed by atoms with Gasteiger partial charge in [0.25, 0.3) is 0 Å². The Hall–Kier alpha value is -1.60. The van der Waals surface area contributed by atoms with Crippen molar-refractivity contribution in [3.05, 3.63) is 18.2 Å². The molecule has 7 heteroatoms. The Bertz CT molecular complexity index is 583. The predicted molar refractivity (Wildman–Crippen MR) is 80.2 cm³/mol. The zero-order valence-corrected chi connectivity index (χ0v) is 13.1. The lowest BCUT2D eigenvalue weighted by Gasteiger charge is -2.09. The van der Waals surface area contributed by atoms with E-state index in [0.717, 1.165) is 0 Å². The second-order valence-electron chi connectivity index (χ2n) is 4.43. The van der Waals surface area contributed by atoms with Gasteiger partial charge in [-0.1, -0.05) is 6.92 Å². The highest BCUT2D eigenvalue weighted by molar-refractivity contribution is 7.91. The average molecular weight is 315 g/mol. The van der Waals surface area contributed by atoms with Crippen LogP contribution in [0, 0.1) is 0 Å². The number of phenolic OH excluding ortho intramolecular Hbond substituents is 1. The molecule has 0 unspecified atom stereocenters. The lowest BCUT2D eigenvalue weighted by atomic mass is 10.2. The molecule has 0 saturated heterocycles. The summed E-state index contributed by atoms with van der Waals surface area (Å²) in [5.74, 6) is -0.501. The molecule has 0 aromatic heterocycles. The van der Waals surface area contributed by atoms with Gasteiger partial charge in [-0.25, -0.2) is 8.42 Å². The van der Waals surface area contributed by atoms with Crippen LogP contribution < -0.4 is 5.32 Å². The molecule has 0 bridgehead atoms. The van der Waals surface area contributed by atoms with E-state index in [4.69, 9.17) is 4.74 Å². The second-order valence-corrected chi connectivity index (χ2v) is 6.71. The number of amides is 1. The van der Waals surface area contributed by atoms with E-state index in [1.807, 2.05) is 6.92 Å². The van der Waals surface area contributed by atoms with Crippen molar-refractivity contribution in [2.45, 2.75) is 31.6 Å². The molecule has 0 fully saturated rings. The summed E-state index contributed by atoms with van der Waals surface area (Å²) >= 11 is 0. The van der Waals surface area contributed by atoms with Crippen LogP contribution >= 0.6 is 0 Å². The minimum Gasteiger partial charge on any atom is -0.506 e. The fourth-order valence-corrected chi connectivity index (χ4v) is 2.57.